The van der Waals surface area contributed by atoms with Crippen molar-refractivity contribution in [2.24, 2.45) is 34.5 Å². The smallest absolute Gasteiger partial charge is 0.306 e. The van der Waals surface area contributed by atoms with E-state index in [0.717, 1.165) is 42.9 Å². The molecule has 4 aliphatic rings. The Labute approximate surface area is 242 Å². The van der Waals surface area contributed by atoms with Crippen molar-refractivity contribution >= 4 is 5.97 Å². The summed E-state index contributed by atoms with van der Waals surface area (Å²) in [5.74, 6) is 3.71. The molecule has 0 radical (unpaired) electrons. The minimum absolute atomic E-state index is 0.0576. The molecule has 7 atom stereocenters. The summed E-state index contributed by atoms with van der Waals surface area (Å²) in [5, 5.41) is 0. The van der Waals surface area contributed by atoms with Crippen molar-refractivity contribution < 1.29 is 9.53 Å². The molecule has 4 aliphatic carbocycles. The summed E-state index contributed by atoms with van der Waals surface area (Å²) in [6.07, 6.45) is 32.7. The highest BCUT2D eigenvalue weighted by Gasteiger charge is 2.58. The van der Waals surface area contributed by atoms with E-state index in [1.54, 1.807) is 5.57 Å². The second-order valence-electron chi connectivity index (χ2n) is 14.9. The molecule has 0 unspecified atom stereocenters. The lowest BCUT2D eigenvalue weighted by molar-refractivity contribution is -0.151. The van der Waals surface area contributed by atoms with Gasteiger partial charge in [-0.25, -0.2) is 0 Å². The van der Waals surface area contributed by atoms with Gasteiger partial charge in [-0.15, -0.1) is 0 Å². The average Bonchev–Trinajstić information content (AvgIpc) is 3.26. The number of hydrogen-bond donors (Lipinski definition) is 0. The van der Waals surface area contributed by atoms with Crippen molar-refractivity contribution in [3.05, 3.63) is 11.6 Å². The van der Waals surface area contributed by atoms with Crippen LogP contribution in [0.3, 0.4) is 0 Å². The van der Waals surface area contributed by atoms with Gasteiger partial charge in [-0.3, -0.25) is 4.79 Å². The molecular weight excluding hydrogens is 476 g/mol. The Kier molecular flexibility index (Phi) is 11.9. The van der Waals surface area contributed by atoms with Crippen LogP contribution in [0, 0.1) is 34.5 Å². The molecule has 0 amide bonds. The third-order valence-electron chi connectivity index (χ3n) is 12.4. The first-order chi connectivity index (χ1) is 18.9. The van der Waals surface area contributed by atoms with E-state index >= 15 is 0 Å². The summed E-state index contributed by atoms with van der Waals surface area (Å²) in [5.41, 5.74) is 2.59. The van der Waals surface area contributed by atoms with E-state index < -0.39 is 0 Å². The van der Waals surface area contributed by atoms with Crippen molar-refractivity contribution in [3.8, 4) is 0 Å². The van der Waals surface area contributed by atoms with E-state index in [9.17, 15) is 4.79 Å². The van der Waals surface area contributed by atoms with Crippen LogP contribution in [-0.4, -0.2) is 12.1 Å². The molecule has 3 fully saturated rings. The lowest BCUT2D eigenvalue weighted by Gasteiger charge is -2.58. The monoisotopic (exact) mass is 540 g/mol. The molecule has 0 aromatic carbocycles. The van der Waals surface area contributed by atoms with Gasteiger partial charge in [0.15, 0.2) is 0 Å². The number of carbonyl (C=O) groups excluding carboxylic acids is 1. The van der Waals surface area contributed by atoms with Gasteiger partial charge in [0.1, 0.15) is 6.10 Å². The lowest BCUT2D eigenvalue weighted by atomic mass is 9.47. The summed E-state index contributed by atoms with van der Waals surface area (Å²) in [6, 6.07) is 0. The maximum atomic E-state index is 12.6. The Hall–Kier alpha value is -0.790. The largest absolute Gasteiger partial charge is 0.462 e. The van der Waals surface area contributed by atoms with Crippen LogP contribution in [0.15, 0.2) is 11.6 Å². The van der Waals surface area contributed by atoms with Crippen LogP contribution in [-0.2, 0) is 9.53 Å². The number of esters is 1. The zero-order valence-electron chi connectivity index (χ0n) is 26.5. The molecule has 2 heteroatoms. The molecule has 0 N–H and O–H groups in total. The number of unbranched alkanes of at least 4 members (excludes halogenated alkanes) is 11. The first-order valence-electron chi connectivity index (χ1n) is 17.8. The first kappa shape index (κ1) is 31.2. The van der Waals surface area contributed by atoms with E-state index in [4.69, 9.17) is 4.74 Å². The molecular formula is C37H64O2. The summed E-state index contributed by atoms with van der Waals surface area (Å²) >= 11 is 0. The molecule has 0 aromatic heterocycles. The second-order valence-corrected chi connectivity index (χ2v) is 14.9. The molecule has 39 heavy (non-hydrogen) atoms. The fourth-order valence-electron chi connectivity index (χ4n) is 9.95. The highest BCUT2D eigenvalue weighted by molar-refractivity contribution is 5.69. The van der Waals surface area contributed by atoms with Gasteiger partial charge in [0, 0.05) is 12.8 Å². The molecule has 0 bridgehead atoms. The molecule has 4 rings (SSSR count). The fraction of sp³-hybridized carbons (Fsp3) is 0.919. The SMILES string of the molecule is CCCCCCCCCC(=O)O[C@H]1CC[C@@]2(C)C(=CC[C@H]3[C@@H]4CC[C@@H](CCCCCCCC)[C@@]4(C)CC[C@@H]32)C1. The Morgan fingerprint density at radius 2 is 1.46 bits per heavy atom. The molecule has 2 nitrogen and oxygen atoms in total. The van der Waals surface area contributed by atoms with Crippen molar-refractivity contribution in [2.75, 3.05) is 0 Å². The predicted octanol–water partition coefficient (Wildman–Crippen LogP) is 11.4. The Morgan fingerprint density at radius 3 is 2.18 bits per heavy atom. The predicted molar refractivity (Wildman–Crippen MR) is 166 cm³/mol. The average molecular weight is 541 g/mol. The quantitative estimate of drug-likeness (QED) is 0.110. The molecule has 224 valence electrons. The minimum atomic E-state index is 0.0576. The van der Waals surface area contributed by atoms with E-state index in [2.05, 4.69) is 33.8 Å². The second kappa shape index (κ2) is 14.9. The lowest BCUT2D eigenvalue weighted by Crippen LogP contribution is -2.50. The highest BCUT2D eigenvalue weighted by Crippen LogP contribution is 2.66. The molecule has 0 spiro atoms. The highest BCUT2D eigenvalue weighted by atomic mass is 16.5. The summed E-state index contributed by atoms with van der Waals surface area (Å²) in [4.78, 5) is 12.6. The fourth-order valence-corrected chi connectivity index (χ4v) is 9.95. The maximum Gasteiger partial charge on any atom is 0.306 e. The zero-order valence-corrected chi connectivity index (χ0v) is 26.5. The van der Waals surface area contributed by atoms with Crippen LogP contribution in [0.25, 0.3) is 0 Å². The van der Waals surface area contributed by atoms with Gasteiger partial charge in [-0.05, 0) is 92.3 Å². The van der Waals surface area contributed by atoms with Crippen LogP contribution in [0.5, 0.6) is 0 Å². The Morgan fingerprint density at radius 1 is 0.795 bits per heavy atom. The minimum Gasteiger partial charge on any atom is -0.462 e. The van der Waals surface area contributed by atoms with E-state index in [1.807, 2.05) is 0 Å². The topological polar surface area (TPSA) is 26.3 Å². The van der Waals surface area contributed by atoms with Gasteiger partial charge in [0.05, 0.1) is 0 Å². The van der Waals surface area contributed by atoms with E-state index in [0.29, 0.717) is 17.3 Å². The molecule has 3 saturated carbocycles. The van der Waals surface area contributed by atoms with Gasteiger partial charge in [0.2, 0.25) is 0 Å². The number of allylic oxidation sites excluding steroid dienone is 1. The molecule has 0 aliphatic heterocycles. The zero-order chi connectivity index (χ0) is 27.7. The number of hydrogen-bond acceptors (Lipinski definition) is 2. The maximum absolute atomic E-state index is 12.6. The summed E-state index contributed by atoms with van der Waals surface area (Å²) in [7, 11) is 0. The molecule has 0 saturated heterocycles. The van der Waals surface area contributed by atoms with Crippen molar-refractivity contribution in [2.45, 2.75) is 181 Å². The molecule has 0 heterocycles. The van der Waals surface area contributed by atoms with Gasteiger partial charge in [-0.1, -0.05) is 116 Å². The van der Waals surface area contributed by atoms with E-state index in [1.165, 1.54) is 122 Å². The summed E-state index contributed by atoms with van der Waals surface area (Å²) in [6.45, 7) is 9.88. The van der Waals surface area contributed by atoms with Gasteiger partial charge in [0.25, 0.3) is 0 Å². The first-order valence-corrected chi connectivity index (χ1v) is 17.8. The third-order valence-corrected chi connectivity index (χ3v) is 12.4. The number of carbonyl (C=O) groups is 1. The van der Waals surface area contributed by atoms with Gasteiger partial charge < -0.3 is 4.74 Å². The van der Waals surface area contributed by atoms with Crippen molar-refractivity contribution in [1.82, 2.24) is 0 Å². The van der Waals surface area contributed by atoms with Gasteiger partial charge in [-0.2, -0.15) is 0 Å². The van der Waals surface area contributed by atoms with Crippen LogP contribution in [0.4, 0.5) is 0 Å². The van der Waals surface area contributed by atoms with Crippen molar-refractivity contribution in [1.29, 1.82) is 0 Å². The molecule has 0 aromatic rings. The third kappa shape index (κ3) is 7.54. The normalized spacial score (nSPS) is 35.6. The number of rotatable bonds is 16. The van der Waals surface area contributed by atoms with Crippen LogP contribution in [0.2, 0.25) is 0 Å². The standard InChI is InChI=1S/C37H64O2/c1-5-7-9-11-13-15-17-19-35(38)39-31-24-26-37(4)30(28-31)20-22-32-33-23-21-29(18-16-14-12-10-8-6-2)36(33,3)27-25-34(32)37/h20,29,31-34H,5-19,21-28H2,1-4H3/t29-,31+,32+,33+,34+,36-,37+/m1/s1. The Bertz CT molecular complexity index is 784. The van der Waals surface area contributed by atoms with Crippen LogP contribution in [0.1, 0.15) is 175 Å². The number of ether oxygens (including phenoxy) is 1. The van der Waals surface area contributed by atoms with Crippen LogP contribution >= 0.6 is 0 Å². The Balaban J connectivity index is 1.24. The summed E-state index contributed by atoms with van der Waals surface area (Å²) < 4.78 is 6.05. The van der Waals surface area contributed by atoms with Gasteiger partial charge >= 0.3 is 5.97 Å². The van der Waals surface area contributed by atoms with Crippen LogP contribution < -0.4 is 0 Å². The van der Waals surface area contributed by atoms with Crippen molar-refractivity contribution in [3.63, 3.8) is 0 Å². The van der Waals surface area contributed by atoms with E-state index in [-0.39, 0.29) is 12.1 Å². The number of fused-ring (bicyclic) bond motifs is 5.